The lowest BCUT2D eigenvalue weighted by Crippen LogP contribution is -2.30. The van der Waals surface area contributed by atoms with Crippen molar-refractivity contribution < 1.29 is 21.6 Å². The van der Waals surface area contributed by atoms with Crippen molar-refractivity contribution in [2.24, 2.45) is 5.14 Å². The van der Waals surface area contributed by atoms with Crippen molar-refractivity contribution in [2.45, 2.75) is 5.51 Å². The minimum absolute atomic E-state index is 1.17. The summed E-state index contributed by atoms with van der Waals surface area (Å²) in [6.07, 6.45) is 1.83. The Balaban J connectivity index is 0.000000281. The highest BCUT2D eigenvalue weighted by atomic mass is 32.2. The van der Waals surface area contributed by atoms with Crippen molar-refractivity contribution in [3.8, 4) is 0 Å². The zero-order valence-electron chi connectivity index (χ0n) is 8.11. The Morgan fingerprint density at radius 3 is 1.75 bits per heavy atom. The summed E-state index contributed by atoms with van der Waals surface area (Å²) in [6.45, 7) is 3.63. The number of hydrogen-bond donors (Lipinski definition) is 1. The largest absolute Gasteiger partial charge is 0.511 e. The van der Waals surface area contributed by atoms with Gasteiger partial charge in [-0.2, -0.15) is 13.2 Å². The molecule has 0 saturated carbocycles. The monoisotopic (exact) mass is 253 g/mol. The number of alkyl halides is 3. The number of sulfonamides is 1. The molecule has 0 aliphatic heterocycles. The molecule has 2 N–H and O–H groups in total. The second-order valence-electron chi connectivity index (χ2n) is 2.61. The summed E-state index contributed by atoms with van der Waals surface area (Å²) in [4.78, 5) is 0. The van der Waals surface area contributed by atoms with E-state index in [1.54, 1.807) is 0 Å². The molecule has 0 aromatic heterocycles. The summed E-state index contributed by atoms with van der Waals surface area (Å²) in [5.41, 5.74) is -4.14. The smallest absolute Gasteiger partial charge is 0.221 e. The molecule has 0 fully saturated rings. The molecular weight excluding hydrogens is 243 g/mol. The Kier molecular flexibility index (Phi) is 5.19. The number of rotatable bonds is 1. The van der Waals surface area contributed by atoms with E-state index in [1.165, 1.54) is 5.56 Å². The van der Waals surface area contributed by atoms with Crippen molar-refractivity contribution >= 4 is 16.1 Å². The predicted molar refractivity (Wildman–Crippen MR) is 55.7 cm³/mol. The molecule has 0 saturated heterocycles. The lowest BCUT2D eigenvalue weighted by atomic mass is 10.2. The van der Waals surface area contributed by atoms with E-state index in [9.17, 15) is 21.6 Å². The van der Waals surface area contributed by atoms with Gasteiger partial charge in [0.05, 0.1) is 0 Å². The van der Waals surface area contributed by atoms with Gasteiger partial charge in [-0.3, -0.25) is 0 Å². The fraction of sp³-hybridized carbons (Fsp3) is 0.111. The molecule has 0 amide bonds. The molecule has 0 heterocycles. The summed E-state index contributed by atoms with van der Waals surface area (Å²) in [7, 11) is -5.34. The molecule has 90 valence electrons. The van der Waals surface area contributed by atoms with Crippen LogP contribution in [0.25, 0.3) is 6.08 Å². The van der Waals surface area contributed by atoms with Crippen LogP contribution in [-0.2, 0) is 10.0 Å². The van der Waals surface area contributed by atoms with Gasteiger partial charge in [-0.25, -0.2) is 13.6 Å². The summed E-state index contributed by atoms with van der Waals surface area (Å²) < 4.78 is 51.2. The van der Waals surface area contributed by atoms with E-state index in [0.29, 0.717) is 0 Å². The molecule has 0 unspecified atom stereocenters. The highest BCUT2D eigenvalue weighted by Gasteiger charge is 2.42. The maximum Gasteiger partial charge on any atom is 0.511 e. The molecule has 3 nitrogen and oxygen atoms in total. The van der Waals surface area contributed by atoms with Crippen LogP contribution in [0.5, 0.6) is 0 Å². The summed E-state index contributed by atoms with van der Waals surface area (Å²) in [5.74, 6) is 0. The van der Waals surface area contributed by atoms with Gasteiger partial charge < -0.3 is 0 Å². The zero-order valence-corrected chi connectivity index (χ0v) is 8.92. The van der Waals surface area contributed by atoms with Crippen molar-refractivity contribution in [3.05, 3.63) is 42.5 Å². The lowest BCUT2D eigenvalue weighted by molar-refractivity contribution is -0.0436. The molecule has 0 bridgehead atoms. The fourth-order valence-electron chi connectivity index (χ4n) is 0.589. The average Bonchev–Trinajstić information content (AvgIpc) is 2.17. The van der Waals surface area contributed by atoms with Gasteiger partial charge >= 0.3 is 15.5 Å². The quantitative estimate of drug-likeness (QED) is 0.833. The van der Waals surface area contributed by atoms with E-state index in [0.717, 1.165) is 0 Å². The highest BCUT2D eigenvalue weighted by molar-refractivity contribution is 7.90. The standard InChI is InChI=1S/C8H8.CH2F3NO2S/c1-2-8-6-4-3-5-7-8;2-1(3,4)8(5,6)7/h2-7H,1H2;(H2,5,6,7). The molecule has 7 heteroatoms. The van der Waals surface area contributed by atoms with E-state index in [4.69, 9.17) is 0 Å². The maximum absolute atomic E-state index is 10.8. The summed E-state index contributed by atoms with van der Waals surface area (Å²) in [6, 6.07) is 10.0. The second-order valence-corrected chi connectivity index (χ2v) is 4.16. The van der Waals surface area contributed by atoms with Crippen LogP contribution in [-0.4, -0.2) is 13.9 Å². The molecule has 0 radical (unpaired) electrons. The number of nitrogens with two attached hydrogens (primary N) is 1. The Bertz CT molecular complexity index is 426. The third-order valence-corrected chi connectivity index (χ3v) is 2.00. The number of benzene rings is 1. The van der Waals surface area contributed by atoms with Gasteiger partial charge in [0.1, 0.15) is 0 Å². The maximum atomic E-state index is 10.8. The van der Waals surface area contributed by atoms with Gasteiger partial charge in [0.25, 0.3) is 0 Å². The van der Waals surface area contributed by atoms with Crippen molar-refractivity contribution in [3.63, 3.8) is 0 Å². The van der Waals surface area contributed by atoms with Crippen LogP contribution in [0.2, 0.25) is 0 Å². The normalized spacial score (nSPS) is 11.2. The van der Waals surface area contributed by atoms with Crippen LogP contribution < -0.4 is 5.14 Å². The van der Waals surface area contributed by atoms with Crippen LogP contribution >= 0.6 is 0 Å². The molecular formula is C9H10F3NO2S. The summed E-state index contributed by atoms with van der Waals surface area (Å²) >= 11 is 0. The van der Waals surface area contributed by atoms with Crippen molar-refractivity contribution in [1.82, 2.24) is 0 Å². The van der Waals surface area contributed by atoms with Crippen molar-refractivity contribution in [2.75, 3.05) is 0 Å². The first kappa shape index (κ1) is 14.7. The molecule has 1 aromatic carbocycles. The molecule has 1 aromatic rings. The molecule has 1 rings (SSSR count). The number of primary sulfonamides is 1. The molecule has 0 atom stereocenters. The zero-order chi connectivity index (χ0) is 12.8. The van der Waals surface area contributed by atoms with E-state index < -0.39 is 15.5 Å². The third kappa shape index (κ3) is 5.52. The average molecular weight is 253 g/mol. The molecule has 0 spiro atoms. The first-order chi connectivity index (χ1) is 7.18. The van der Waals surface area contributed by atoms with Crippen LogP contribution in [0.1, 0.15) is 5.56 Å². The number of hydrogen-bond acceptors (Lipinski definition) is 2. The van der Waals surface area contributed by atoms with Gasteiger partial charge in [-0.05, 0) is 5.56 Å². The van der Waals surface area contributed by atoms with Gasteiger partial charge in [0.2, 0.25) is 0 Å². The first-order valence-electron chi connectivity index (χ1n) is 3.95. The molecule has 0 aliphatic carbocycles. The van der Waals surface area contributed by atoms with E-state index in [2.05, 4.69) is 11.7 Å². The summed E-state index contributed by atoms with van der Waals surface area (Å²) in [5, 5.41) is 3.66. The minimum Gasteiger partial charge on any atom is -0.221 e. The lowest BCUT2D eigenvalue weighted by Gasteiger charge is -1.98. The third-order valence-electron chi connectivity index (χ3n) is 1.36. The first-order valence-corrected chi connectivity index (χ1v) is 5.49. The Labute approximate surface area is 91.4 Å². The topological polar surface area (TPSA) is 60.2 Å². The Hall–Kier alpha value is -1.34. The highest BCUT2D eigenvalue weighted by Crippen LogP contribution is 2.18. The second kappa shape index (κ2) is 5.66. The molecule has 16 heavy (non-hydrogen) atoms. The van der Waals surface area contributed by atoms with E-state index in [1.807, 2.05) is 36.4 Å². The van der Waals surface area contributed by atoms with Crippen LogP contribution in [0.4, 0.5) is 13.2 Å². The Morgan fingerprint density at radius 1 is 1.19 bits per heavy atom. The van der Waals surface area contributed by atoms with E-state index in [-0.39, 0.29) is 0 Å². The number of halogens is 3. The SMILES string of the molecule is C=Cc1ccccc1.NS(=O)(=O)C(F)(F)F. The predicted octanol–water partition coefficient (Wildman–Crippen LogP) is 2.12. The Morgan fingerprint density at radius 2 is 1.56 bits per heavy atom. The minimum atomic E-state index is -5.34. The van der Waals surface area contributed by atoms with Crippen LogP contribution in [0, 0.1) is 0 Å². The van der Waals surface area contributed by atoms with Crippen LogP contribution in [0.3, 0.4) is 0 Å². The van der Waals surface area contributed by atoms with Gasteiger partial charge in [0, 0.05) is 0 Å². The van der Waals surface area contributed by atoms with Gasteiger partial charge in [-0.1, -0.05) is 43.0 Å². The van der Waals surface area contributed by atoms with Crippen molar-refractivity contribution in [1.29, 1.82) is 0 Å². The van der Waals surface area contributed by atoms with E-state index >= 15 is 0 Å². The van der Waals surface area contributed by atoms with Gasteiger partial charge in [-0.15, -0.1) is 0 Å². The fourth-order valence-corrected chi connectivity index (χ4v) is 0.589. The van der Waals surface area contributed by atoms with Crippen LogP contribution in [0.15, 0.2) is 36.9 Å². The van der Waals surface area contributed by atoms with Gasteiger partial charge in [0.15, 0.2) is 0 Å². The molecule has 0 aliphatic rings.